The molecule has 1 atom stereocenters. The van der Waals surface area contributed by atoms with Crippen molar-refractivity contribution in [3.05, 3.63) is 48.0 Å². The molecule has 1 aromatic carbocycles. The van der Waals surface area contributed by atoms with E-state index >= 15 is 0 Å². The smallest absolute Gasteiger partial charge is 0.303 e. The quantitative estimate of drug-likeness (QED) is 0.541. The van der Waals surface area contributed by atoms with Crippen LogP contribution in [0, 0.1) is 6.92 Å². The first-order chi connectivity index (χ1) is 6.63. The van der Waals surface area contributed by atoms with E-state index < -0.39 is 0 Å². The average molecular weight is 190 g/mol. The fraction of sp³-hybridized carbons (Fsp3) is 0.250. The zero-order valence-corrected chi connectivity index (χ0v) is 8.49. The number of benzene rings is 1. The molecule has 0 aliphatic rings. The molecule has 0 N–H and O–H groups in total. The Morgan fingerprint density at radius 1 is 1.43 bits per heavy atom. The second kappa shape index (κ2) is 4.61. The molecule has 0 radical (unpaired) electrons. The van der Waals surface area contributed by atoms with Crippen molar-refractivity contribution in [2.45, 2.75) is 20.0 Å². The molecule has 0 amide bonds. The van der Waals surface area contributed by atoms with E-state index in [1.165, 1.54) is 12.5 Å². The number of hydrogen-bond acceptors (Lipinski definition) is 2. The van der Waals surface area contributed by atoms with E-state index in [9.17, 15) is 4.79 Å². The van der Waals surface area contributed by atoms with Crippen molar-refractivity contribution in [1.29, 1.82) is 0 Å². The van der Waals surface area contributed by atoms with Crippen molar-refractivity contribution in [3.63, 3.8) is 0 Å². The van der Waals surface area contributed by atoms with Crippen molar-refractivity contribution in [2.24, 2.45) is 0 Å². The molecule has 2 heteroatoms. The van der Waals surface area contributed by atoms with Gasteiger partial charge in [-0.25, -0.2) is 0 Å². The fourth-order valence-electron chi connectivity index (χ4n) is 1.19. The van der Waals surface area contributed by atoms with Crippen molar-refractivity contribution in [3.8, 4) is 0 Å². The van der Waals surface area contributed by atoms with E-state index in [1.807, 2.05) is 31.2 Å². The molecule has 0 bridgehead atoms. The Hall–Kier alpha value is -1.57. The molecule has 0 spiro atoms. The van der Waals surface area contributed by atoms with Crippen LogP contribution in [0.4, 0.5) is 0 Å². The molecule has 0 aromatic heterocycles. The van der Waals surface area contributed by atoms with Gasteiger partial charge in [-0.1, -0.05) is 36.4 Å². The third-order valence-corrected chi connectivity index (χ3v) is 1.91. The van der Waals surface area contributed by atoms with Crippen LogP contribution in [0.5, 0.6) is 0 Å². The molecule has 0 saturated carbocycles. The van der Waals surface area contributed by atoms with Crippen LogP contribution in [0.25, 0.3) is 0 Å². The van der Waals surface area contributed by atoms with Gasteiger partial charge in [0.05, 0.1) is 0 Å². The maximum absolute atomic E-state index is 10.8. The number of esters is 1. The standard InChI is InChI=1S/C12H14O2/c1-4-12(14-10(3)13)11-7-5-9(2)6-8-11/h4-8,12H,1H2,2-3H3/t12-/m0/s1. The molecule has 0 saturated heterocycles. The van der Waals surface area contributed by atoms with Crippen LogP contribution in [-0.4, -0.2) is 5.97 Å². The SMILES string of the molecule is C=C[C@H](OC(C)=O)c1ccc(C)cc1. The minimum absolute atomic E-state index is 0.296. The summed E-state index contributed by atoms with van der Waals surface area (Å²) in [5.41, 5.74) is 2.13. The fourth-order valence-corrected chi connectivity index (χ4v) is 1.19. The second-order valence-corrected chi connectivity index (χ2v) is 3.18. The van der Waals surface area contributed by atoms with Crippen LogP contribution < -0.4 is 0 Å². The first-order valence-corrected chi connectivity index (χ1v) is 4.50. The molecule has 0 aliphatic heterocycles. The predicted molar refractivity (Wildman–Crippen MR) is 55.9 cm³/mol. The lowest BCUT2D eigenvalue weighted by atomic mass is 10.1. The average Bonchev–Trinajstić information content (AvgIpc) is 2.15. The van der Waals surface area contributed by atoms with Gasteiger partial charge in [0.2, 0.25) is 0 Å². The number of rotatable bonds is 3. The second-order valence-electron chi connectivity index (χ2n) is 3.18. The van der Waals surface area contributed by atoms with Gasteiger partial charge >= 0.3 is 5.97 Å². The minimum Gasteiger partial charge on any atom is -0.453 e. The van der Waals surface area contributed by atoms with Gasteiger partial charge in [-0.3, -0.25) is 4.79 Å². The van der Waals surface area contributed by atoms with E-state index in [0.717, 1.165) is 5.56 Å². The van der Waals surface area contributed by atoms with E-state index in [2.05, 4.69) is 6.58 Å². The van der Waals surface area contributed by atoms with Gasteiger partial charge < -0.3 is 4.74 Å². The molecule has 2 nitrogen and oxygen atoms in total. The van der Waals surface area contributed by atoms with Gasteiger partial charge in [-0.2, -0.15) is 0 Å². The van der Waals surface area contributed by atoms with Gasteiger partial charge in [-0.15, -0.1) is 0 Å². The number of carbonyl (C=O) groups excluding carboxylic acids is 1. The number of hydrogen-bond donors (Lipinski definition) is 0. The first kappa shape index (κ1) is 10.5. The van der Waals surface area contributed by atoms with Crippen LogP contribution in [0.1, 0.15) is 24.2 Å². The maximum Gasteiger partial charge on any atom is 0.303 e. The Balaban J connectivity index is 2.84. The summed E-state index contributed by atoms with van der Waals surface area (Å²) in [5, 5.41) is 0. The van der Waals surface area contributed by atoms with Crippen LogP contribution in [0.2, 0.25) is 0 Å². The van der Waals surface area contributed by atoms with E-state index in [1.54, 1.807) is 6.08 Å². The Bertz CT molecular complexity index is 325. The van der Waals surface area contributed by atoms with Gasteiger partial charge in [-0.05, 0) is 18.6 Å². The summed E-state index contributed by atoms with van der Waals surface area (Å²) in [6.45, 7) is 7.04. The van der Waals surface area contributed by atoms with Crippen molar-refractivity contribution in [2.75, 3.05) is 0 Å². The zero-order chi connectivity index (χ0) is 10.6. The highest BCUT2D eigenvalue weighted by atomic mass is 16.5. The molecule has 1 aromatic rings. The summed E-state index contributed by atoms with van der Waals surface area (Å²) in [6.07, 6.45) is 1.28. The van der Waals surface area contributed by atoms with Crippen LogP contribution >= 0.6 is 0 Å². The molecule has 0 fully saturated rings. The summed E-state index contributed by atoms with van der Waals surface area (Å²) in [7, 11) is 0. The zero-order valence-electron chi connectivity index (χ0n) is 8.49. The lowest BCUT2D eigenvalue weighted by molar-refractivity contribution is -0.144. The Labute approximate surface area is 84.2 Å². The van der Waals surface area contributed by atoms with Gasteiger partial charge in [0.15, 0.2) is 0 Å². The topological polar surface area (TPSA) is 26.3 Å². The van der Waals surface area contributed by atoms with Crippen molar-refractivity contribution < 1.29 is 9.53 Å². The summed E-state index contributed by atoms with van der Waals surface area (Å²) in [5.74, 6) is -0.296. The van der Waals surface area contributed by atoms with E-state index in [4.69, 9.17) is 4.74 Å². The van der Waals surface area contributed by atoms with Gasteiger partial charge in [0.1, 0.15) is 6.10 Å². The Morgan fingerprint density at radius 2 is 2.00 bits per heavy atom. The molecule has 0 heterocycles. The summed E-state index contributed by atoms with van der Waals surface area (Å²) >= 11 is 0. The summed E-state index contributed by atoms with van der Waals surface area (Å²) < 4.78 is 5.07. The summed E-state index contributed by atoms with van der Waals surface area (Å²) in [4.78, 5) is 10.8. The van der Waals surface area contributed by atoms with Gasteiger partial charge in [0.25, 0.3) is 0 Å². The van der Waals surface area contributed by atoms with Crippen molar-refractivity contribution in [1.82, 2.24) is 0 Å². The monoisotopic (exact) mass is 190 g/mol. The molecule has 1 rings (SSSR count). The highest BCUT2D eigenvalue weighted by Crippen LogP contribution is 2.18. The lowest BCUT2D eigenvalue weighted by Gasteiger charge is -2.12. The van der Waals surface area contributed by atoms with E-state index in [0.29, 0.717) is 0 Å². The van der Waals surface area contributed by atoms with E-state index in [-0.39, 0.29) is 12.1 Å². The predicted octanol–water partition coefficient (Wildman–Crippen LogP) is 2.79. The Kier molecular flexibility index (Phi) is 3.46. The number of ether oxygens (including phenoxy) is 1. The molecular weight excluding hydrogens is 176 g/mol. The maximum atomic E-state index is 10.8. The van der Waals surface area contributed by atoms with Crippen LogP contribution in [0.15, 0.2) is 36.9 Å². The van der Waals surface area contributed by atoms with Gasteiger partial charge in [0, 0.05) is 6.92 Å². The lowest BCUT2D eigenvalue weighted by Crippen LogP contribution is -2.05. The highest BCUT2D eigenvalue weighted by Gasteiger charge is 2.09. The highest BCUT2D eigenvalue weighted by molar-refractivity contribution is 5.66. The molecule has 74 valence electrons. The van der Waals surface area contributed by atoms with Crippen molar-refractivity contribution >= 4 is 5.97 Å². The number of aryl methyl sites for hydroxylation is 1. The van der Waals surface area contributed by atoms with Crippen LogP contribution in [-0.2, 0) is 9.53 Å². The molecular formula is C12H14O2. The molecule has 0 aliphatic carbocycles. The third-order valence-electron chi connectivity index (χ3n) is 1.91. The number of carbonyl (C=O) groups is 1. The Morgan fingerprint density at radius 3 is 2.43 bits per heavy atom. The normalized spacial score (nSPS) is 11.9. The molecule has 14 heavy (non-hydrogen) atoms. The first-order valence-electron chi connectivity index (χ1n) is 4.50. The minimum atomic E-state index is -0.340. The third kappa shape index (κ3) is 2.73. The molecule has 0 unspecified atom stereocenters. The van der Waals surface area contributed by atoms with Crippen LogP contribution in [0.3, 0.4) is 0 Å². The largest absolute Gasteiger partial charge is 0.453 e. The summed E-state index contributed by atoms with van der Waals surface area (Å²) in [6, 6.07) is 7.83.